The third kappa shape index (κ3) is 4.10. The van der Waals surface area contributed by atoms with Gasteiger partial charge in [0.1, 0.15) is 5.54 Å². The number of aryl methyl sites for hydroxylation is 1. The summed E-state index contributed by atoms with van der Waals surface area (Å²) in [6, 6.07) is 9.53. The van der Waals surface area contributed by atoms with Crippen LogP contribution in [0.2, 0.25) is 0 Å². The van der Waals surface area contributed by atoms with Crippen LogP contribution in [0.4, 0.5) is 0 Å². The molecule has 0 saturated carbocycles. The summed E-state index contributed by atoms with van der Waals surface area (Å²) in [5.41, 5.74) is -0.302. The molecule has 1 aromatic rings. The number of carbonyl (C=O) groups excluding carboxylic acids is 1. The smallest absolute Gasteiger partial charge is 0.220 e. The highest BCUT2D eigenvalue weighted by Gasteiger charge is 2.29. The molecular formula is C13H19NO4. The number of carbonyl (C=O) groups is 1. The Labute approximate surface area is 106 Å². The lowest BCUT2D eigenvalue weighted by atomic mass is 10.0. The van der Waals surface area contributed by atoms with Gasteiger partial charge in [-0.05, 0) is 12.0 Å². The Bertz CT molecular complexity index is 354. The second kappa shape index (κ2) is 7.10. The fourth-order valence-electron chi connectivity index (χ4n) is 1.53. The van der Waals surface area contributed by atoms with Crippen molar-refractivity contribution >= 4 is 5.91 Å². The van der Waals surface area contributed by atoms with E-state index in [9.17, 15) is 4.79 Å². The molecule has 0 saturated heterocycles. The Hall–Kier alpha value is -1.43. The molecule has 0 fully saturated rings. The predicted octanol–water partition coefficient (Wildman–Crippen LogP) is -0.549. The number of aliphatic hydroxyl groups is 3. The summed E-state index contributed by atoms with van der Waals surface area (Å²) in [7, 11) is 0. The van der Waals surface area contributed by atoms with Crippen LogP contribution < -0.4 is 5.32 Å². The first-order valence-corrected chi connectivity index (χ1v) is 5.83. The lowest BCUT2D eigenvalue weighted by Gasteiger charge is -2.28. The minimum atomic E-state index is -1.34. The van der Waals surface area contributed by atoms with E-state index in [1.54, 1.807) is 0 Å². The van der Waals surface area contributed by atoms with Crippen molar-refractivity contribution in [3.63, 3.8) is 0 Å². The first kappa shape index (κ1) is 14.6. The maximum atomic E-state index is 11.7. The summed E-state index contributed by atoms with van der Waals surface area (Å²) in [6.07, 6.45) is 0.816. The number of rotatable bonds is 7. The van der Waals surface area contributed by atoms with Gasteiger partial charge in [0.05, 0.1) is 19.8 Å². The van der Waals surface area contributed by atoms with E-state index in [0.717, 1.165) is 5.56 Å². The lowest BCUT2D eigenvalue weighted by Crippen LogP contribution is -2.57. The van der Waals surface area contributed by atoms with E-state index in [1.807, 2.05) is 30.3 Å². The van der Waals surface area contributed by atoms with Crippen molar-refractivity contribution in [1.82, 2.24) is 5.32 Å². The van der Waals surface area contributed by atoms with Gasteiger partial charge in [0.15, 0.2) is 0 Å². The summed E-state index contributed by atoms with van der Waals surface area (Å²) in [6.45, 7) is -1.51. The molecule has 0 spiro atoms. The van der Waals surface area contributed by atoms with E-state index < -0.39 is 25.4 Å². The maximum absolute atomic E-state index is 11.7. The Morgan fingerprint density at radius 1 is 1.06 bits per heavy atom. The molecule has 18 heavy (non-hydrogen) atoms. The Morgan fingerprint density at radius 3 is 2.11 bits per heavy atom. The molecule has 5 heteroatoms. The van der Waals surface area contributed by atoms with Gasteiger partial charge >= 0.3 is 0 Å². The van der Waals surface area contributed by atoms with Crippen LogP contribution in [0.5, 0.6) is 0 Å². The molecule has 1 amide bonds. The van der Waals surface area contributed by atoms with Crippen LogP contribution >= 0.6 is 0 Å². The van der Waals surface area contributed by atoms with Gasteiger partial charge in [0.25, 0.3) is 0 Å². The van der Waals surface area contributed by atoms with Crippen LogP contribution in [0, 0.1) is 0 Å². The highest BCUT2D eigenvalue weighted by atomic mass is 16.3. The minimum absolute atomic E-state index is 0.242. The van der Waals surface area contributed by atoms with E-state index in [-0.39, 0.29) is 12.3 Å². The first-order chi connectivity index (χ1) is 8.65. The van der Waals surface area contributed by atoms with E-state index in [2.05, 4.69) is 5.32 Å². The maximum Gasteiger partial charge on any atom is 0.220 e. The molecule has 0 unspecified atom stereocenters. The molecule has 0 heterocycles. The zero-order valence-electron chi connectivity index (χ0n) is 10.2. The zero-order chi connectivity index (χ0) is 13.4. The van der Waals surface area contributed by atoms with Crippen molar-refractivity contribution in [3.8, 4) is 0 Å². The summed E-state index contributed by atoms with van der Waals surface area (Å²) in [5.74, 6) is -0.309. The van der Waals surface area contributed by atoms with E-state index >= 15 is 0 Å². The zero-order valence-corrected chi connectivity index (χ0v) is 10.2. The molecule has 0 bridgehead atoms. The van der Waals surface area contributed by atoms with Crippen molar-refractivity contribution in [1.29, 1.82) is 0 Å². The van der Waals surface area contributed by atoms with Crippen LogP contribution in [0.15, 0.2) is 30.3 Å². The molecule has 0 aromatic heterocycles. The van der Waals surface area contributed by atoms with Gasteiger partial charge in [-0.25, -0.2) is 0 Å². The summed E-state index contributed by atoms with van der Waals surface area (Å²) in [4.78, 5) is 11.7. The van der Waals surface area contributed by atoms with Crippen molar-refractivity contribution in [2.75, 3.05) is 19.8 Å². The van der Waals surface area contributed by atoms with Gasteiger partial charge < -0.3 is 20.6 Å². The van der Waals surface area contributed by atoms with Crippen molar-refractivity contribution < 1.29 is 20.1 Å². The minimum Gasteiger partial charge on any atom is -0.394 e. The molecule has 4 N–H and O–H groups in total. The van der Waals surface area contributed by atoms with Gasteiger partial charge in [-0.1, -0.05) is 30.3 Å². The predicted molar refractivity (Wildman–Crippen MR) is 66.9 cm³/mol. The van der Waals surface area contributed by atoms with Crippen LogP contribution in [0.3, 0.4) is 0 Å². The van der Waals surface area contributed by atoms with E-state index in [4.69, 9.17) is 15.3 Å². The number of hydrogen-bond acceptors (Lipinski definition) is 4. The Kier molecular flexibility index (Phi) is 5.77. The van der Waals surface area contributed by atoms with Gasteiger partial charge in [0.2, 0.25) is 5.91 Å². The fourth-order valence-corrected chi connectivity index (χ4v) is 1.53. The molecule has 1 rings (SSSR count). The van der Waals surface area contributed by atoms with E-state index in [0.29, 0.717) is 6.42 Å². The molecule has 100 valence electrons. The van der Waals surface area contributed by atoms with Gasteiger partial charge in [-0.2, -0.15) is 0 Å². The molecule has 0 aliphatic carbocycles. The highest BCUT2D eigenvalue weighted by Crippen LogP contribution is 2.05. The topological polar surface area (TPSA) is 89.8 Å². The van der Waals surface area contributed by atoms with Crippen LogP contribution in [-0.2, 0) is 11.2 Å². The van der Waals surface area contributed by atoms with Crippen LogP contribution in [0.1, 0.15) is 12.0 Å². The first-order valence-electron chi connectivity index (χ1n) is 5.83. The quantitative estimate of drug-likeness (QED) is 0.525. The average molecular weight is 253 g/mol. The Morgan fingerprint density at radius 2 is 1.61 bits per heavy atom. The third-order valence-corrected chi connectivity index (χ3v) is 2.80. The summed E-state index contributed by atoms with van der Waals surface area (Å²) in [5, 5.41) is 29.7. The molecule has 5 nitrogen and oxygen atoms in total. The second-order valence-electron chi connectivity index (χ2n) is 4.29. The molecule has 0 radical (unpaired) electrons. The number of hydrogen-bond donors (Lipinski definition) is 4. The van der Waals surface area contributed by atoms with Gasteiger partial charge in [0, 0.05) is 6.42 Å². The molecular weight excluding hydrogens is 234 g/mol. The lowest BCUT2D eigenvalue weighted by molar-refractivity contribution is -0.125. The normalized spacial score (nSPS) is 11.3. The number of benzene rings is 1. The molecule has 1 aromatic carbocycles. The van der Waals surface area contributed by atoms with Crippen LogP contribution in [-0.4, -0.2) is 46.6 Å². The summed E-state index contributed by atoms with van der Waals surface area (Å²) >= 11 is 0. The molecule has 0 aliphatic heterocycles. The average Bonchev–Trinajstić information content (AvgIpc) is 2.44. The van der Waals surface area contributed by atoms with Crippen molar-refractivity contribution in [2.45, 2.75) is 18.4 Å². The second-order valence-corrected chi connectivity index (χ2v) is 4.29. The van der Waals surface area contributed by atoms with Crippen LogP contribution in [0.25, 0.3) is 0 Å². The molecule has 0 atom stereocenters. The monoisotopic (exact) mass is 253 g/mol. The van der Waals surface area contributed by atoms with Gasteiger partial charge in [-0.15, -0.1) is 0 Å². The summed E-state index contributed by atoms with van der Waals surface area (Å²) < 4.78 is 0. The van der Waals surface area contributed by atoms with Crippen molar-refractivity contribution in [2.24, 2.45) is 0 Å². The SMILES string of the molecule is O=C(CCc1ccccc1)NC(CO)(CO)CO. The van der Waals surface area contributed by atoms with Crippen molar-refractivity contribution in [3.05, 3.63) is 35.9 Å². The number of amides is 1. The van der Waals surface area contributed by atoms with E-state index in [1.165, 1.54) is 0 Å². The highest BCUT2D eigenvalue weighted by molar-refractivity contribution is 5.77. The van der Waals surface area contributed by atoms with Gasteiger partial charge in [-0.3, -0.25) is 4.79 Å². The fraction of sp³-hybridized carbons (Fsp3) is 0.462. The largest absolute Gasteiger partial charge is 0.394 e. The number of nitrogens with one attached hydrogen (secondary N) is 1. The molecule has 0 aliphatic rings. The Balaban J connectivity index is 2.46. The third-order valence-electron chi connectivity index (χ3n) is 2.80. The number of aliphatic hydroxyl groups excluding tert-OH is 3. The standard InChI is InChI=1S/C13H19NO4/c15-8-13(9-16,10-17)14-12(18)7-6-11-4-2-1-3-5-11/h1-5,15-17H,6-10H2,(H,14,18).